The maximum absolute atomic E-state index is 5.41. The SMILES string of the molecule is C[C@H](Nc1ccc(-c2nc(CCCc3ccccc3)no2)cn1)c1ccncn1. The first-order valence-electron chi connectivity index (χ1n) is 9.63. The van der Waals surface area contributed by atoms with Gasteiger partial charge < -0.3 is 9.84 Å². The van der Waals surface area contributed by atoms with Gasteiger partial charge in [0.25, 0.3) is 5.89 Å². The van der Waals surface area contributed by atoms with Crippen molar-refractivity contribution in [2.24, 2.45) is 0 Å². The van der Waals surface area contributed by atoms with E-state index in [2.05, 4.69) is 54.7 Å². The molecule has 3 heterocycles. The van der Waals surface area contributed by atoms with Crippen LogP contribution in [-0.4, -0.2) is 25.1 Å². The Labute approximate surface area is 169 Å². The van der Waals surface area contributed by atoms with Crippen molar-refractivity contribution in [2.45, 2.75) is 32.2 Å². The maximum atomic E-state index is 5.41. The van der Waals surface area contributed by atoms with E-state index >= 15 is 0 Å². The van der Waals surface area contributed by atoms with Crippen LogP contribution < -0.4 is 5.32 Å². The third-order valence-corrected chi connectivity index (χ3v) is 4.60. The van der Waals surface area contributed by atoms with Gasteiger partial charge >= 0.3 is 0 Å². The number of nitrogens with one attached hydrogen (secondary N) is 1. The van der Waals surface area contributed by atoms with E-state index in [1.807, 2.05) is 31.2 Å². The van der Waals surface area contributed by atoms with E-state index in [1.165, 1.54) is 11.9 Å². The van der Waals surface area contributed by atoms with Crippen LogP contribution in [0.25, 0.3) is 11.5 Å². The van der Waals surface area contributed by atoms with Gasteiger partial charge in [0, 0.05) is 18.8 Å². The number of rotatable bonds is 8. The number of benzene rings is 1. The highest BCUT2D eigenvalue weighted by atomic mass is 16.5. The molecule has 0 unspecified atom stereocenters. The van der Waals surface area contributed by atoms with Crippen molar-refractivity contribution in [2.75, 3.05) is 5.32 Å². The number of nitrogens with zero attached hydrogens (tertiary/aromatic N) is 5. The molecule has 0 fully saturated rings. The number of hydrogen-bond donors (Lipinski definition) is 1. The van der Waals surface area contributed by atoms with E-state index in [0.717, 1.165) is 42.2 Å². The summed E-state index contributed by atoms with van der Waals surface area (Å²) in [6, 6.07) is 16.1. The van der Waals surface area contributed by atoms with E-state index in [-0.39, 0.29) is 6.04 Å². The monoisotopic (exact) mass is 386 g/mol. The predicted molar refractivity (Wildman–Crippen MR) is 110 cm³/mol. The summed E-state index contributed by atoms with van der Waals surface area (Å²) < 4.78 is 5.41. The molecule has 7 heteroatoms. The minimum absolute atomic E-state index is 0.0240. The van der Waals surface area contributed by atoms with Crippen LogP contribution in [-0.2, 0) is 12.8 Å². The fourth-order valence-electron chi connectivity index (χ4n) is 3.03. The molecule has 1 atom stereocenters. The lowest BCUT2D eigenvalue weighted by molar-refractivity contribution is 0.421. The molecular weight excluding hydrogens is 364 g/mol. The van der Waals surface area contributed by atoms with E-state index in [9.17, 15) is 0 Å². The highest BCUT2D eigenvalue weighted by molar-refractivity contribution is 5.54. The average molecular weight is 386 g/mol. The molecule has 0 amide bonds. The van der Waals surface area contributed by atoms with E-state index in [4.69, 9.17) is 4.52 Å². The van der Waals surface area contributed by atoms with Crippen molar-refractivity contribution < 1.29 is 4.52 Å². The average Bonchev–Trinajstić information content (AvgIpc) is 3.24. The zero-order valence-electron chi connectivity index (χ0n) is 16.2. The largest absolute Gasteiger partial charge is 0.362 e. The smallest absolute Gasteiger partial charge is 0.259 e. The molecule has 3 aromatic heterocycles. The normalized spacial score (nSPS) is 11.9. The van der Waals surface area contributed by atoms with Gasteiger partial charge in [0.05, 0.1) is 17.3 Å². The standard InChI is InChI=1S/C22H22N6O/c1-16(19-12-13-23-15-25-19)26-20-11-10-18(14-24-20)22-27-21(28-29-22)9-5-8-17-6-3-2-4-7-17/h2-4,6-7,10-16H,5,8-9H2,1H3,(H,24,26)/t16-/m0/s1. The molecule has 0 spiro atoms. The van der Waals surface area contributed by atoms with E-state index in [1.54, 1.807) is 12.4 Å². The third kappa shape index (κ3) is 5.01. The van der Waals surface area contributed by atoms with Crippen LogP contribution >= 0.6 is 0 Å². The second-order valence-corrected chi connectivity index (χ2v) is 6.79. The number of anilines is 1. The lowest BCUT2D eigenvalue weighted by atomic mass is 10.1. The molecule has 0 radical (unpaired) electrons. The third-order valence-electron chi connectivity index (χ3n) is 4.60. The molecule has 0 aliphatic rings. The van der Waals surface area contributed by atoms with Crippen molar-refractivity contribution in [1.29, 1.82) is 0 Å². The van der Waals surface area contributed by atoms with Gasteiger partial charge in [0.2, 0.25) is 0 Å². The summed E-state index contributed by atoms with van der Waals surface area (Å²) in [6.45, 7) is 2.03. The van der Waals surface area contributed by atoms with Crippen molar-refractivity contribution in [3.63, 3.8) is 0 Å². The molecule has 4 rings (SSSR count). The predicted octanol–water partition coefficient (Wildman–Crippen LogP) is 4.27. The molecule has 7 nitrogen and oxygen atoms in total. The first-order chi connectivity index (χ1) is 14.3. The van der Waals surface area contributed by atoms with Crippen LogP contribution in [0.2, 0.25) is 0 Å². The second-order valence-electron chi connectivity index (χ2n) is 6.79. The Hall–Kier alpha value is -3.61. The molecule has 1 aromatic carbocycles. The molecule has 0 bridgehead atoms. The fraction of sp³-hybridized carbons (Fsp3) is 0.227. The van der Waals surface area contributed by atoms with Crippen LogP contribution in [0.15, 0.2) is 71.8 Å². The molecule has 1 N–H and O–H groups in total. The summed E-state index contributed by atoms with van der Waals surface area (Å²) in [6.07, 6.45) is 7.75. The van der Waals surface area contributed by atoms with Crippen molar-refractivity contribution in [1.82, 2.24) is 25.1 Å². The number of pyridine rings is 1. The van der Waals surface area contributed by atoms with Crippen LogP contribution in [0.5, 0.6) is 0 Å². The van der Waals surface area contributed by atoms with Crippen molar-refractivity contribution >= 4 is 5.82 Å². The summed E-state index contributed by atoms with van der Waals surface area (Å²) in [5.74, 6) is 1.96. The van der Waals surface area contributed by atoms with Crippen LogP contribution in [0.1, 0.15) is 36.5 Å². The molecule has 4 aromatic rings. The first kappa shape index (κ1) is 18.7. The Morgan fingerprint density at radius 2 is 1.90 bits per heavy atom. The lowest BCUT2D eigenvalue weighted by Gasteiger charge is -2.13. The first-order valence-corrected chi connectivity index (χ1v) is 9.63. The summed E-state index contributed by atoms with van der Waals surface area (Å²) in [5.41, 5.74) is 3.02. The van der Waals surface area contributed by atoms with Gasteiger partial charge in [0.1, 0.15) is 12.1 Å². The van der Waals surface area contributed by atoms with Gasteiger partial charge in [-0.3, -0.25) is 0 Å². The molecule has 0 saturated carbocycles. The Morgan fingerprint density at radius 3 is 2.66 bits per heavy atom. The summed E-state index contributed by atoms with van der Waals surface area (Å²) >= 11 is 0. The zero-order valence-corrected chi connectivity index (χ0v) is 16.2. The molecular formula is C22H22N6O. The van der Waals surface area contributed by atoms with Crippen molar-refractivity contribution in [3.8, 4) is 11.5 Å². The Balaban J connectivity index is 1.33. The number of aryl methyl sites for hydroxylation is 2. The Morgan fingerprint density at radius 1 is 1.00 bits per heavy atom. The Bertz CT molecular complexity index is 1020. The van der Waals surface area contributed by atoms with Gasteiger partial charge in [-0.05, 0) is 43.5 Å². The van der Waals surface area contributed by atoms with Crippen molar-refractivity contribution in [3.05, 3.63) is 84.3 Å². The summed E-state index contributed by atoms with van der Waals surface area (Å²) in [7, 11) is 0. The number of aromatic nitrogens is 5. The van der Waals surface area contributed by atoms with Gasteiger partial charge in [-0.2, -0.15) is 4.98 Å². The minimum atomic E-state index is 0.0240. The molecule has 146 valence electrons. The van der Waals surface area contributed by atoms with E-state index < -0.39 is 0 Å². The highest BCUT2D eigenvalue weighted by Crippen LogP contribution is 2.20. The lowest BCUT2D eigenvalue weighted by Crippen LogP contribution is -2.09. The van der Waals surface area contributed by atoms with Gasteiger partial charge in [-0.15, -0.1) is 0 Å². The topological polar surface area (TPSA) is 89.6 Å². The fourth-order valence-corrected chi connectivity index (χ4v) is 3.03. The molecule has 29 heavy (non-hydrogen) atoms. The quantitative estimate of drug-likeness (QED) is 0.483. The number of hydrogen-bond acceptors (Lipinski definition) is 7. The van der Waals surface area contributed by atoms with Gasteiger partial charge in [-0.1, -0.05) is 35.5 Å². The Kier molecular flexibility index (Phi) is 5.85. The molecule has 0 saturated heterocycles. The second kappa shape index (κ2) is 9.05. The van der Waals surface area contributed by atoms with Crippen LogP contribution in [0, 0.1) is 0 Å². The summed E-state index contributed by atoms with van der Waals surface area (Å²) in [5, 5.41) is 7.41. The van der Waals surface area contributed by atoms with E-state index in [0.29, 0.717) is 5.89 Å². The minimum Gasteiger partial charge on any atom is -0.362 e. The molecule has 0 aliphatic carbocycles. The van der Waals surface area contributed by atoms with Gasteiger partial charge in [0.15, 0.2) is 5.82 Å². The van der Waals surface area contributed by atoms with Gasteiger partial charge in [-0.25, -0.2) is 15.0 Å². The zero-order chi connectivity index (χ0) is 19.9. The molecule has 0 aliphatic heterocycles. The van der Waals surface area contributed by atoms with Crippen LogP contribution in [0.4, 0.5) is 5.82 Å². The summed E-state index contributed by atoms with van der Waals surface area (Å²) in [4.78, 5) is 17.1. The maximum Gasteiger partial charge on any atom is 0.259 e. The van der Waals surface area contributed by atoms with Crippen LogP contribution in [0.3, 0.4) is 0 Å². The highest BCUT2D eigenvalue weighted by Gasteiger charge is 2.11.